The van der Waals surface area contributed by atoms with E-state index in [9.17, 15) is 0 Å². The number of aromatic nitrogens is 4. The molecule has 2 aromatic rings. The minimum atomic E-state index is 0.350. The Bertz CT molecular complexity index is 451. The van der Waals surface area contributed by atoms with Crippen molar-refractivity contribution < 1.29 is 4.52 Å². The Morgan fingerprint density at radius 2 is 2.27 bits per heavy atom. The van der Waals surface area contributed by atoms with E-state index in [1.807, 2.05) is 0 Å². The zero-order valence-corrected chi connectivity index (χ0v) is 7.92. The van der Waals surface area contributed by atoms with Crippen molar-refractivity contribution in [1.29, 1.82) is 0 Å². The van der Waals surface area contributed by atoms with Crippen molar-refractivity contribution in [2.75, 3.05) is 13.1 Å². The quantitative estimate of drug-likeness (QED) is 0.752. The first-order chi connectivity index (χ1) is 7.43. The molecule has 6 nitrogen and oxygen atoms in total. The molecule has 76 valence electrons. The summed E-state index contributed by atoms with van der Waals surface area (Å²) in [6.45, 7) is 1.81. The third-order valence-electron chi connectivity index (χ3n) is 2.36. The van der Waals surface area contributed by atoms with Crippen molar-refractivity contribution >= 4 is 0 Å². The lowest BCUT2D eigenvalue weighted by atomic mass is 10.0. The van der Waals surface area contributed by atoms with Crippen LogP contribution in [0.25, 0.3) is 11.5 Å². The molecule has 0 amide bonds. The Morgan fingerprint density at radius 3 is 2.93 bits per heavy atom. The summed E-state index contributed by atoms with van der Waals surface area (Å²) in [5.41, 5.74) is 0.639. The van der Waals surface area contributed by atoms with E-state index in [0.29, 0.717) is 23.3 Å². The fraction of sp³-hybridized carbons (Fsp3) is 0.333. The Balaban J connectivity index is 1.90. The molecule has 3 heterocycles. The topological polar surface area (TPSA) is 76.7 Å². The van der Waals surface area contributed by atoms with E-state index in [2.05, 4.69) is 25.4 Å². The fourth-order valence-corrected chi connectivity index (χ4v) is 1.38. The molecule has 6 heteroatoms. The van der Waals surface area contributed by atoms with Crippen LogP contribution < -0.4 is 5.32 Å². The Morgan fingerprint density at radius 1 is 1.33 bits per heavy atom. The maximum Gasteiger partial charge on any atom is 0.232 e. The molecule has 15 heavy (non-hydrogen) atoms. The lowest BCUT2D eigenvalue weighted by Gasteiger charge is -2.22. The third kappa shape index (κ3) is 1.48. The molecule has 1 N–H and O–H groups in total. The number of hydrogen-bond donors (Lipinski definition) is 1. The summed E-state index contributed by atoms with van der Waals surface area (Å²) in [4.78, 5) is 12.3. The van der Waals surface area contributed by atoms with Crippen LogP contribution in [0.5, 0.6) is 0 Å². The Kier molecular flexibility index (Phi) is 1.92. The molecule has 0 spiro atoms. The lowest BCUT2D eigenvalue weighted by Crippen LogP contribution is -2.40. The highest BCUT2D eigenvalue weighted by Crippen LogP contribution is 2.20. The van der Waals surface area contributed by atoms with Crippen molar-refractivity contribution in [3.05, 3.63) is 24.5 Å². The van der Waals surface area contributed by atoms with Crippen LogP contribution in [-0.2, 0) is 0 Å². The minimum absolute atomic E-state index is 0.350. The van der Waals surface area contributed by atoms with E-state index < -0.39 is 0 Å². The molecule has 1 saturated heterocycles. The van der Waals surface area contributed by atoms with Crippen molar-refractivity contribution in [3.8, 4) is 11.5 Å². The highest BCUT2D eigenvalue weighted by Gasteiger charge is 2.25. The van der Waals surface area contributed by atoms with Crippen LogP contribution in [0.1, 0.15) is 11.8 Å². The highest BCUT2D eigenvalue weighted by atomic mass is 16.5. The molecule has 1 aliphatic rings. The minimum Gasteiger partial charge on any atom is -0.339 e. The van der Waals surface area contributed by atoms with E-state index in [1.54, 1.807) is 18.6 Å². The van der Waals surface area contributed by atoms with Gasteiger partial charge in [0.2, 0.25) is 11.7 Å². The first kappa shape index (κ1) is 8.49. The molecular weight excluding hydrogens is 194 g/mol. The second-order valence-electron chi connectivity index (χ2n) is 3.40. The Labute approximate surface area is 85.8 Å². The predicted octanol–water partition coefficient (Wildman–Crippen LogP) is 0.213. The summed E-state index contributed by atoms with van der Waals surface area (Å²) in [5.74, 6) is 1.53. The van der Waals surface area contributed by atoms with E-state index in [1.165, 1.54) is 0 Å². The summed E-state index contributed by atoms with van der Waals surface area (Å²) in [5, 5.41) is 7.03. The zero-order valence-electron chi connectivity index (χ0n) is 7.92. The van der Waals surface area contributed by atoms with Gasteiger partial charge in [0, 0.05) is 25.5 Å². The van der Waals surface area contributed by atoms with Crippen LogP contribution in [0.3, 0.4) is 0 Å². The normalized spacial score (nSPS) is 16.3. The average molecular weight is 203 g/mol. The highest BCUT2D eigenvalue weighted by molar-refractivity contribution is 5.45. The van der Waals surface area contributed by atoms with Crippen LogP contribution >= 0.6 is 0 Å². The van der Waals surface area contributed by atoms with Gasteiger partial charge in [0.1, 0.15) is 5.69 Å². The zero-order chi connectivity index (χ0) is 10.1. The van der Waals surface area contributed by atoms with Crippen molar-refractivity contribution in [3.63, 3.8) is 0 Å². The van der Waals surface area contributed by atoms with Gasteiger partial charge in [-0.1, -0.05) is 5.16 Å². The smallest absolute Gasteiger partial charge is 0.232 e. The number of hydrogen-bond acceptors (Lipinski definition) is 6. The third-order valence-corrected chi connectivity index (χ3v) is 2.36. The summed E-state index contributed by atoms with van der Waals surface area (Å²) in [7, 11) is 0. The van der Waals surface area contributed by atoms with Crippen LogP contribution in [0.15, 0.2) is 23.1 Å². The maximum atomic E-state index is 5.15. The summed E-state index contributed by atoms with van der Waals surface area (Å²) in [6.07, 6.45) is 4.84. The molecule has 0 aromatic carbocycles. The molecule has 3 rings (SSSR count). The number of nitrogens with zero attached hydrogens (tertiary/aromatic N) is 4. The predicted molar refractivity (Wildman–Crippen MR) is 50.9 cm³/mol. The molecule has 1 aliphatic heterocycles. The molecule has 0 radical (unpaired) electrons. The molecule has 0 unspecified atom stereocenters. The molecule has 0 saturated carbocycles. The van der Waals surface area contributed by atoms with E-state index in [0.717, 1.165) is 13.1 Å². The molecule has 1 fully saturated rings. The van der Waals surface area contributed by atoms with Crippen molar-refractivity contribution in [2.24, 2.45) is 0 Å². The second-order valence-corrected chi connectivity index (χ2v) is 3.40. The molecule has 2 aromatic heterocycles. The largest absolute Gasteiger partial charge is 0.339 e. The van der Waals surface area contributed by atoms with Crippen LogP contribution in [0, 0.1) is 0 Å². The standard InChI is InChI=1S/C9H9N5O/c1-2-12-7(5-10-1)8-13-9(15-14-8)6-3-11-4-6/h1-2,5-6,11H,3-4H2. The van der Waals surface area contributed by atoms with E-state index in [-0.39, 0.29) is 0 Å². The van der Waals surface area contributed by atoms with Gasteiger partial charge in [-0.05, 0) is 0 Å². The monoisotopic (exact) mass is 203 g/mol. The van der Waals surface area contributed by atoms with Gasteiger partial charge in [-0.2, -0.15) is 4.98 Å². The van der Waals surface area contributed by atoms with Crippen molar-refractivity contribution in [2.45, 2.75) is 5.92 Å². The van der Waals surface area contributed by atoms with Gasteiger partial charge in [-0.3, -0.25) is 4.98 Å². The van der Waals surface area contributed by atoms with E-state index >= 15 is 0 Å². The molecule has 0 bridgehead atoms. The SMILES string of the molecule is c1cnc(-c2noc(C3CNC3)n2)cn1. The summed E-state index contributed by atoms with van der Waals surface area (Å²) < 4.78 is 5.15. The van der Waals surface area contributed by atoms with Gasteiger partial charge < -0.3 is 9.84 Å². The first-order valence-corrected chi connectivity index (χ1v) is 4.74. The molecular formula is C9H9N5O. The van der Waals surface area contributed by atoms with Gasteiger partial charge in [0.25, 0.3) is 0 Å². The Hall–Kier alpha value is -1.82. The van der Waals surface area contributed by atoms with Gasteiger partial charge in [0.15, 0.2) is 0 Å². The van der Waals surface area contributed by atoms with Gasteiger partial charge in [-0.25, -0.2) is 4.98 Å². The summed E-state index contributed by atoms with van der Waals surface area (Å²) >= 11 is 0. The van der Waals surface area contributed by atoms with Crippen LogP contribution in [-0.4, -0.2) is 33.2 Å². The summed E-state index contributed by atoms with van der Waals surface area (Å²) in [6, 6.07) is 0. The number of nitrogens with one attached hydrogen (secondary N) is 1. The lowest BCUT2D eigenvalue weighted by molar-refractivity contribution is 0.308. The maximum absolute atomic E-state index is 5.15. The fourth-order valence-electron chi connectivity index (χ4n) is 1.38. The van der Waals surface area contributed by atoms with Crippen molar-refractivity contribution in [1.82, 2.24) is 25.4 Å². The second kappa shape index (κ2) is 3.39. The van der Waals surface area contributed by atoms with Crippen LogP contribution in [0.4, 0.5) is 0 Å². The van der Waals surface area contributed by atoms with Crippen LogP contribution in [0.2, 0.25) is 0 Å². The molecule has 0 aliphatic carbocycles. The number of rotatable bonds is 2. The van der Waals surface area contributed by atoms with Gasteiger partial charge in [0.05, 0.1) is 12.1 Å². The van der Waals surface area contributed by atoms with Gasteiger partial charge >= 0.3 is 0 Å². The first-order valence-electron chi connectivity index (χ1n) is 4.74. The van der Waals surface area contributed by atoms with Gasteiger partial charge in [-0.15, -0.1) is 0 Å². The molecule has 0 atom stereocenters. The average Bonchev–Trinajstić information content (AvgIpc) is 2.66. The van der Waals surface area contributed by atoms with E-state index in [4.69, 9.17) is 4.52 Å².